The summed E-state index contributed by atoms with van der Waals surface area (Å²) < 4.78 is 50.2. The standard InChI is InChI=1S/C8H14O7S/c1-8(2)13-6-3-5(15-16(9,10)11)4-12-7(6)14-8/h5-7H,3-4H2,1-2H3,(H,9,10,11)/t5-,6?,7?/m0/s1. The maximum Gasteiger partial charge on any atom is 0.397 e. The van der Waals surface area contributed by atoms with Crippen LogP contribution in [0.4, 0.5) is 0 Å². The second-order valence-electron chi connectivity index (χ2n) is 4.26. The third-order valence-electron chi connectivity index (χ3n) is 2.34. The summed E-state index contributed by atoms with van der Waals surface area (Å²) in [6.45, 7) is 3.53. The van der Waals surface area contributed by atoms with E-state index in [-0.39, 0.29) is 12.7 Å². The Balaban J connectivity index is 1.96. The highest BCUT2D eigenvalue weighted by molar-refractivity contribution is 7.80. The van der Waals surface area contributed by atoms with Crippen molar-refractivity contribution in [2.24, 2.45) is 0 Å². The molecule has 0 aromatic carbocycles. The molecule has 16 heavy (non-hydrogen) atoms. The first kappa shape index (κ1) is 12.2. The highest BCUT2D eigenvalue weighted by Gasteiger charge is 2.46. The van der Waals surface area contributed by atoms with Gasteiger partial charge in [-0.3, -0.25) is 4.55 Å². The van der Waals surface area contributed by atoms with Crippen LogP contribution in [0.5, 0.6) is 0 Å². The highest BCUT2D eigenvalue weighted by Crippen LogP contribution is 2.34. The van der Waals surface area contributed by atoms with Crippen molar-refractivity contribution in [3.05, 3.63) is 0 Å². The van der Waals surface area contributed by atoms with E-state index in [1.807, 2.05) is 0 Å². The Hall–Kier alpha value is -0.250. The van der Waals surface area contributed by atoms with Gasteiger partial charge in [0, 0.05) is 6.42 Å². The fraction of sp³-hybridized carbons (Fsp3) is 1.00. The van der Waals surface area contributed by atoms with E-state index in [4.69, 9.17) is 18.8 Å². The third kappa shape index (κ3) is 2.90. The molecule has 2 aliphatic rings. The largest absolute Gasteiger partial charge is 0.397 e. The van der Waals surface area contributed by atoms with E-state index >= 15 is 0 Å². The van der Waals surface area contributed by atoms with Crippen molar-refractivity contribution in [1.29, 1.82) is 0 Å². The molecule has 0 bridgehead atoms. The smallest absolute Gasteiger partial charge is 0.347 e. The Morgan fingerprint density at radius 3 is 2.69 bits per heavy atom. The summed E-state index contributed by atoms with van der Waals surface area (Å²) in [5.41, 5.74) is 0. The number of hydrogen-bond acceptors (Lipinski definition) is 6. The van der Waals surface area contributed by atoms with Gasteiger partial charge in [-0.25, -0.2) is 4.18 Å². The lowest BCUT2D eigenvalue weighted by molar-refractivity contribution is -0.199. The first-order chi connectivity index (χ1) is 7.25. The van der Waals surface area contributed by atoms with Crippen LogP contribution in [0.3, 0.4) is 0 Å². The molecule has 2 saturated heterocycles. The Kier molecular flexibility index (Phi) is 2.97. The second kappa shape index (κ2) is 3.90. The zero-order valence-electron chi connectivity index (χ0n) is 8.95. The summed E-state index contributed by atoms with van der Waals surface area (Å²) in [6.07, 6.45) is -1.33. The minimum Gasteiger partial charge on any atom is -0.347 e. The summed E-state index contributed by atoms with van der Waals surface area (Å²) >= 11 is 0. The number of rotatable bonds is 2. The van der Waals surface area contributed by atoms with Gasteiger partial charge in [0.15, 0.2) is 12.1 Å². The van der Waals surface area contributed by atoms with Crippen LogP contribution in [-0.4, -0.2) is 43.9 Å². The molecule has 0 spiro atoms. The van der Waals surface area contributed by atoms with E-state index < -0.39 is 28.6 Å². The molecule has 94 valence electrons. The van der Waals surface area contributed by atoms with Gasteiger partial charge in [-0.2, -0.15) is 8.42 Å². The van der Waals surface area contributed by atoms with Crippen LogP contribution < -0.4 is 0 Å². The molecule has 8 heteroatoms. The molecule has 2 heterocycles. The molecule has 2 fully saturated rings. The molecule has 2 unspecified atom stereocenters. The van der Waals surface area contributed by atoms with Crippen molar-refractivity contribution in [2.45, 2.75) is 44.6 Å². The quantitative estimate of drug-likeness (QED) is 0.697. The fourth-order valence-electron chi connectivity index (χ4n) is 1.87. The van der Waals surface area contributed by atoms with Crippen LogP contribution in [-0.2, 0) is 28.8 Å². The van der Waals surface area contributed by atoms with E-state index in [1.165, 1.54) is 0 Å². The van der Waals surface area contributed by atoms with E-state index in [1.54, 1.807) is 13.8 Å². The van der Waals surface area contributed by atoms with Crippen molar-refractivity contribution in [3.63, 3.8) is 0 Å². The van der Waals surface area contributed by atoms with Crippen LogP contribution in [0.1, 0.15) is 20.3 Å². The minimum absolute atomic E-state index is 0.0421. The van der Waals surface area contributed by atoms with Gasteiger partial charge < -0.3 is 14.2 Å². The van der Waals surface area contributed by atoms with Gasteiger partial charge in [-0.15, -0.1) is 0 Å². The van der Waals surface area contributed by atoms with Crippen LogP contribution in [0, 0.1) is 0 Å². The van der Waals surface area contributed by atoms with Crippen LogP contribution in [0.25, 0.3) is 0 Å². The molecule has 2 aliphatic heterocycles. The molecule has 0 radical (unpaired) electrons. The second-order valence-corrected chi connectivity index (χ2v) is 5.31. The monoisotopic (exact) mass is 254 g/mol. The topological polar surface area (TPSA) is 91.3 Å². The molecular weight excluding hydrogens is 240 g/mol. The first-order valence-corrected chi connectivity index (χ1v) is 6.25. The van der Waals surface area contributed by atoms with Gasteiger partial charge >= 0.3 is 10.4 Å². The van der Waals surface area contributed by atoms with E-state index in [0.29, 0.717) is 6.42 Å². The molecule has 1 N–H and O–H groups in total. The first-order valence-electron chi connectivity index (χ1n) is 4.88. The van der Waals surface area contributed by atoms with Gasteiger partial charge in [0.05, 0.1) is 6.61 Å². The highest BCUT2D eigenvalue weighted by atomic mass is 32.3. The van der Waals surface area contributed by atoms with Gasteiger partial charge in [0.1, 0.15) is 12.2 Å². The van der Waals surface area contributed by atoms with E-state index in [9.17, 15) is 8.42 Å². The van der Waals surface area contributed by atoms with Gasteiger partial charge in [-0.1, -0.05) is 0 Å². The maximum absolute atomic E-state index is 10.5. The van der Waals surface area contributed by atoms with E-state index in [2.05, 4.69) is 4.18 Å². The maximum atomic E-state index is 10.5. The zero-order chi connectivity index (χ0) is 12.0. The Morgan fingerprint density at radius 1 is 1.38 bits per heavy atom. The van der Waals surface area contributed by atoms with Gasteiger partial charge in [0.25, 0.3) is 0 Å². The van der Waals surface area contributed by atoms with Crippen LogP contribution in [0.15, 0.2) is 0 Å². The van der Waals surface area contributed by atoms with Crippen LogP contribution >= 0.6 is 0 Å². The Morgan fingerprint density at radius 2 is 2.06 bits per heavy atom. The van der Waals surface area contributed by atoms with Crippen molar-refractivity contribution < 1.29 is 31.4 Å². The van der Waals surface area contributed by atoms with E-state index in [0.717, 1.165) is 0 Å². The predicted molar refractivity (Wildman–Crippen MR) is 50.8 cm³/mol. The summed E-state index contributed by atoms with van der Waals surface area (Å²) in [4.78, 5) is 0. The Bertz CT molecular complexity index is 363. The molecule has 0 amide bonds. The predicted octanol–water partition coefficient (Wildman–Crippen LogP) is 0.0723. The summed E-state index contributed by atoms with van der Waals surface area (Å²) in [6, 6.07) is 0. The van der Waals surface area contributed by atoms with Crippen molar-refractivity contribution in [2.75, 3.05) is 6.61 Å². The molecular formula is C8H14O7S. The zero-order valence-corrected chi connectivity index (χ0v) is 9.77. The lowest BCUT2D eigenvalue weighted by atomic mass is 10.1. The SMILES string of the molecule is CC1(C)OC2C[C@H](OS(=O)(=O)O)COC2O1. The lowest BCUT2D eigenvalue weighted by Gasteiger charge is -2.28. The normalized spacial score (nSPS) is 38.3. The van der Waals surface area contributed by atoms with Crippen molar-refractivity contribution >= 4 is 10.4 Å². The Labute approximate surface area is 93.6 Å². The molecule has 3 atom stereocenters. The molecule has 7 nitrogen and oxygen atoms in total. The number of fused-ring (bicyclic) bond motifs is 1. The summed E-state index contributed by atoms with van der Waals surface area (Å²) in [5.74, 6) is -0.748. The van der Waals surface area contributed by atoms with Crippen LogP contribution in [0.2, 0.25) is 0 Å². The summed E-state index contributed by atoms with van der Waals surface area (Å²) in [5, 5.41) is 0. The molecule has 0 aromatic rings. The molecule has 2 rings (SSSR count). The van der Waals surface area contributed by atoms with Gasteiger partial charge in [-0.05, 0) is 13.8 Å². The number of hydrogen-bond donors (Lipinski definition) is 1. The summed E-state index contributed by atoms with van der Waals surface area (Å²) in [7, 11) is -4.46. The third-order valence-corrected chi connectivity index (χ3v) is 2.85. The molecule has 0 aliphatic carbocycles. The molecule has 0 aromatic heterocycles. The van der Waals surface area contributed by atoms with Crippen molar-refractivity contribution in [1.82, 2.24) is 0 Å². The minimum atomic E-state index is -4.46. The van der Waals surface area contributed by atoms with Crippen molar-refractivity contribution in [3.8, 4) is 0 Å². The average molecular weight is 254 g/mol. The lowest BCUT2D eigenvalue weighted by Crippen LogP contribution is -2.41. The number of ether oxygens (including phenoxy) is 3. The molecule has 0 saturated carbocycles. The fourth-order valence-corrected chi connectivity index (χ4v) is 2.35. The average Bonchev–Trinajstić information content (AvgIpc) is 2.34. The van der Waals surface area contributed by atoms with Gasteiger partial charge in [0.2, 0.25) is 0 Å².